The van der Waals surface area contributed by atoms with Crippen molar-refractivity contribution in [2.24, 2.45) is 7.05 Å². The van der Waals surface area contributed by atoms with E-state index in [-0.39, 0.29) is 11.8 Å². The van der Waals surface area contributed by atoms with Crippen LogP contribution in [0.4, 0.5) is 0 Å². The van der Waals surface area contributed by atoms with E-state index in [0.29, 0.717) is 18.2 Å². The molecule has 6 nitrogen and oxygen atoms in total. The maximum absolute atomic E-state index is 13.3. The van der Waals surface area contributed by atoms with Crippen molar-refractivity contribution < 1.29 is 4.79 Å². The third kappa shape index (κ3) is 3.07. The van der Waals surface area contributed by atoms with Gasteiger partial charge in [-0.05, 0) is 57.0 Å². The summed E-state index contributed by atoms with van der Waals surface area (Å²) in [6.07, 6.45) is 3.83. The van der Waals surface area contributed by atoms with Gasteiger partial charge < -0.3 is 14.0 Å². The van der Waals surface area contributed by atoms with E-state index in [1.165, 1.54) is 5.52 Å². The number of fused-ring (bicyclic) bond motifs is 2. The van der Waals surface area contributed by atoms with Crippen LogP contribution in [-0.4, -0.2) is 43.0 Å². The summed E-state index contributed by atoms with van der Waals surface area (Å²) in [6, 6.07) is 14.4. The molecule has 30 heavy (non-hydrogen) atoms. The van der Waals surface area contributed by atoms with Gasteiger partial charge in [-0.15, -0.1) is 0 Å². The molecular weight excluding hydrogens is 374 g/mol. The van der Waals surface area contributed by atoms with Crippen molar-refractivity contribution in [1.29, 1.82) is 0 Å². The summed E-state index contributed by atoms with van der Waals surface area (Å²) in [5.41, 5.74) is 4.81. The summed E-state index contributed by atoms with van der Waals surface area (Å²) < 4.78 is 4.31. The second kappa shape index (κ2) is 7.27. The minimum atomic E-state index is 0.0828. The zero-order valence-corrected chi connectivity index (χ0v) is 17.7. The zero-order valence-electron chi connectivity index (χ0n) is 17.7. The third-order valence-electron chi connectivity index (χ3n) is 6.19. The van der Waals surface area contributed by atoms with Crippen molar-refractivity contribution in [2.75, 3.05) is 13.1 Å². The molecule has 3 heterocycles. The highest BCUT2D eigenvalue weighted by Crippen LogP contribution is 2.32. The molecule has 0 aliphatic carbocycles. The largest absolute Gasteiger partial charge is 0.338 e. The summed E-state index contributed by atoms with van der Waals surface area (Å²) >= 11 is 0. The number of carbonyl (C=O) groups excluding carboxylic acids is 1. The van der Waals surface area contributed by atoms with Gasteiger partial charge in [0.2, 0.25) is 0 Å². The maximum atomic E-state index is 13.3. The van der Waals surface area contributed by atoms with Crippen molar-refractivity contribution >= 4 is 28.0 Å². The molecular formula is C24H27N5O. The van der Waals surface area contributed by atoms with Crippen LogP contribution in [0.25, 0.3) is 22.1 Å². The van der Waals surface area contributed by atoms with Crippen LogP contribution in [0.1, 0.15) is 54.8 Å². The molecule has 1 amide bonds. The fraction of sp³-hybridized carbons (Fsp3) is 0.375. The van der Waals surface area contributed by atoms with Crippen LogP contribution >= 0.6 is 0 Å². The lowest BCUT2D eigenvalue weighted by molar-refractivity contribution is 0.0703. The van der Waals surface area contributed by atoms with Gasteiger partial charge in [0.15, 0.2) is 0 Å². The van der Waals surface area contributed by atoms with Gasteiger partial charge in [0.1, 0.15) is 5.82 Å². The molecule has 0 saturated carbocycles. The number of hydrogen-bond donors (Lipinski definition) is 0. The Hall–Kier alpha value is -3.15. The molecule has 1 fully saturated rings. The number of amides is 1. The Bertz CT molecular complexity index is 1240. The highest BCUT2D eigenvalue weighted by Gasteiger charge is 2.29. The maximum Gasteiger partial charge on any atom is 0.253 e. The summed E-state index contributed by atoms with van der Waals surface area (Å²) in [5, 5.41) is 0. The third-order valence-corrected chi connectivity index (χ3v) is 6.19. The molecule has 2 aromatic carbocycles. The fourth-order valence-corrected chi connectivity index (χ4v) is 4.72. The molecule has 2 aromatic heterocycles. The number of hydrogen-bond acceptors (Lipinski definition) is 3. The smallest absolute Gasteiger partial charge is 0.253 e. The van der Waals surface area contributed by atoms with E-state index in [1.807, 2.05) is 40.8 Å². The van der Waals surface area contributed by atoms with Crippen molar-refractivity contribution in [3.63, 3.8) is 0 Å². The SMILES string of the molecule is CC(C)n1c(C2CCCN(C(=O)c3ccc4c(c3)ncn4C)C2)nc2ccccc21. The zero-order chi connectivity index (χ0) is 20.8. The molecule has 154 valence electrons. The monoisotopic (exact) mass is 401 g/mol. The van der Waals surface area contributed by atoms with Crippen molar-refractivity contribution in [3.8, 4) is 0 Å². The predicted molar refractivity (Wildman–Crippen MR) is 119 cm³/mol. The van der Waals surface area contributed by atoms with Gasteiger partial charge in [0.25, 0.3) is 5.91 Å². The van der Waals surface area contributed by atoms with Crippen molar-refractivity contribution in [2.45, 2.75) is 38.6 Å². The topological polar surface area (TPSA) is 56.0 Å². The van der Waals surface area contributed by atoms with Crippen LogP contribution < -0.4 is 0 Å². The standard InChI is InChI=1S/C24H27N5O/c1-16(2)29-22-9-5-4-8-19(22)26-23(29)18-7-6-12-28(14-18)24(30)17-10-11-21-20(13-17)25-15-27(21)3/h4-5,8-11,13,15-16,18H,6-7,12,14H2,1-3H3. The Balaban J connectivity index is 1.45. The second-order valence-electron chi connectivity index (χ2n) is 8.57. The van der Waals surface area contributed by atoms with Crippen LogP contribution in [-0.2, 0) is 7.05 Å². The summed E-state index contributed by atoms with van der Waals surface area (Å²) in [6.45, 7) is 5.89. The first-order chi connectivity index (χ1) is 14.5. The average molecular weight is 402 g/mol. The van der Waals surface area contributed by atoms with Gasteiger partial charge in [0.05, 0.1) is 28.4 Å². The van der Waals surface area contributed by atoms with Gasteiger partial charge in [0, 0.05) is 37.7 Å². The molecule has 1 unspecified atom stereocenters. The number of imidazole rings is 2. The van der Waals surface area contributed by atoms with E-state index < -0.39 is 0 Å². The quantitative estimate of drug-likeness (QED) is 0.507. The molecule has 6 heteroatoms. The van der Waals surface area contributed by atoms with Crippen molar-refractivity contribution in [1.82, 2.24) is 24.0 Å². The number of nitrogens with zero attached hydrogens (tertiary/aromatic N) is 5. The first kappa shape index (κ1) is 18.9. The van der Waals surface area contributed by atoms with Crippen LogP contribution in [0.5, 0.6) is 0 Å². The minimum Gasteiger partial charge on any atom is -0.338 e. The summed E-state index contributed by atoms with van der Waals surface area (Å²) in [7, 11) is 1.97. The van der Waals surface area contributed by atoms with Gasteiger partial charge in [-0.3, -0.25) is 4.79 Å². The van der Waals surface area contributed by atoms with Gasteiger partial charge in [-0.25, -0.2) is 9.97 Å². The lowest BCUT2D eigenvalue weighted by Gasteiger charge is -2.33. The van der Waals surface area contributed by atoms with E-state index in [4.69, 9.17) is 4.98 Å². The highest BCUT2D eigenvalue weighted by atomic mass is 16.2. The number of para-hydroxylation sites is 2. The van der Waals surface area contributed by atoms with Crippen LogP contribution in [0.2, 0.25) is 0 Å². The van der Waals surface area contributed by atoms with Gasteiger partial charge in [-0.2, -0.15) is 0 Å². The lowest BCUT2D eigenvalue weighted by atomic mass is 9.96. The Morgan fingerprint density at radius 1 is 1.10 bits per heavy atom. The molecule has 0 N–H and O–H groups in total. The predicted octanol–water partition coefficient (Wildman–Crippen LogP) is 4.52. The Labute approximate surface area is 176 Å². The van der Waals surface area contributed by atoms with E-state index in [0.717, 1.165) is 41.8 Å². The minimum absolute atomic E-state index is 0.0828. The molecule has 1 aliphatic heterocycles. The lowest BCUT2D eigenvalue weighted by Crippen LogP contribution is -2.39. The normalized spacial score (nSPS) is 17.3. The van der Waals surface area contributed by atoms with Gasteiger partial charge in [-0.1, -0.05) is 12.1 Å². The summed E-state index contributed by atoms with van der Waals surface area (Å²) in [5.74, 6) is 1.43. The average Bonchev–Trinajstić information content (AvgIpc) is 3.34. The second-order valence-corrected chi connectivity index (χ2v) is 8.57. The molecule has 4 aromatic rings. The number of aromatic nitrogens is 4. The number of benzene rings is 2. The van der Waals surface area contributed by atoms with Gasteiger partial charge >= 0.3 is 0 Å². The fourth-order valence-electron chi connectivity index (χ4n) is 4.72. The number of aryl methyl sites for hydroxylation is 1. The Morgan fingerprint density at radius 2 is 1.93 bits per heavy atom. The molecule has 0 spiro atoms. The van der Waals surface area contributed by atoms with Crippen LogP contribution in [0.15, 0.2) is 48.8 Å². The number of rotatable bonds is 3. The van der Waals surface area contributed by atoms with E-state index in [1.54, 1.807) is 6.33 Å². The molecule has 0 radical (unpaired) electrons. The molecule has 1 saturated heterocycles. The molecule has 5 rings (SSSR count). The Kier molecular flexibility index (Phi) is 4.57. The first-order valence-corrected chi connectivity index (χ1v) is 10.7. The van der Waals surface area contributed by atoms with E-state index >= 15 is 0 Å². The first-order valence-electron chi connectivity index (χ1n) is 10.7. The van der Waals surface area contributed by atoms with Crippen LogP contribution in [0.3, 0.4) is 0 Å². The Morgan fingerprint density at radius 3 is 2.77 bits per heavy atom. The number of likely N-dealkylation sites (tertiary alicyclic amines) is 1. The highest BCUT2D eigenvalue weighted by molar-refractivity contribution is 5.97. The summed E-state index contributed by atoms with van der Waals surface area (Å²) in [4.78, 5) is 24.7. The molecule has 0 bridgehead atoms. The molecule has 1 atom stereocenters. The van der Waals surface area contributed by atoms with E-state index in [2.05, 4.69) is 41.6 Å². The van der Waals surface area contributed by atoms with Crippen LogP contribution in [0, 0.1) is 0 Å². The van der Waals surface area contributed by atoms with E-state index in [9.17, 15) is 4.79 Å². The number of piperidine rings is 1. The van der Waals surface area contributed by atoms with Crippen molar-refractivity contribution in [3.05, 3.63) is 60.2 Å². The number of carbonyl (C=O) groups is 1. The molecule has 1 aliphatic rings.